The number of benzene rings is 1. The number of fused-ring (bicyclic) bond motifs is 1. The molecule has 0 radical (unpaired) electrons. The van der Waals surface area contributed by atoms with Crippen molar-refractivity contribution < 1.29 is 14.4 Å². The van der Waals surface area contributed by atoms with Crippen molar-refractivity contribution in [3.63, 3.8) is 0 Å². The molecule has 0 aliphatic carbocycles. The first-order valence-corrected chi connectivity index (χ1v) is 8.99. The molecule has 1 saturated heterocycles. The number of carbonyl (C=O) groups is 3. The van der Waals surface area contributed by atoms with E-state index in [1.807, 2.05) is 37.3 Å². The zero-order valence-corrected chi connectivity index (χ0v) is 15.4. The summed E-state index contributed by atoms with van der Waals surface area (Å²) in [7, 11) is 0. The molecule has 1 aliphatic rings. The number of piperazine rings is 1. The number of aryl methyl sites for hydroxylation is 1. The summed E-state index contributed by atoms with van der Waals surface area (Å²) < 4.78 is 1.52. The number of imide groups is 1. The Morgan fingerprint density at radius 2 is 1.79 bits per heavy atom. The minimum atomic E-state index is -0.421. The number of carbonyl (C=O) groups excluding carboxylic acids is 3. The van der Waals surface area contributed by atoms with Crippen molar-refractivity contribution in [1.29, 1.82) is 0 Å². The van der Waals surface area contributed by atoms with Crippen molar-refractivity contribution in [2.75, 3.05) is 19.6 Å². The zero-order chi connectivity index (χ0) is 19.7. The first kappa shape index (κ1) is 17.8. The molecule has 142 valence electrons. The van der Waals surface area contributed by atoms with Crippen LogP contribution in [0.2, 0.25) is 0 Å². The van der Waals surface area contributed by atoms with Gasteiger partial charge in [-0.25, -0.2) is 9.50 Å². The highest BCUT2D eigenvalue weighted by molar-refractivity contribution is 6.07. The van der Waals surface area contributed by atoms with Crippen LogP contribution in [0.15, 0.2) is 48.9 Å². The fourth-order valence-corrected chi connectivity index (χ4v) is 3.26. The lowest BCUT2D eigenvalue weighted by Crippen LogP contribution is -2.55. The first-order valence-electron chi connectivity index (χ1n) is 8.99. The summed E-state index contributed by atoms with van der Waals surface area (Å²) in [6, 6.07) is 9.66. The molecule has 1 fully saturated rings. The van der Waals surface area contributed by atoms with Gasteiger partial charge in [0.05, 0.1) is 6.20 Å². The van der Waals surface area contributed by atoms with E-state index in [1.165, 1.54) is 20.5 Å². The number of amides is 3. The third-order valence-corrected chi connectivity index (χ3v) is 4.72. The van der Waals surface area contributed by atoms with Gasteiger partial charge in [0.25, 0.3) is 5.91 Å². The van der Waals surface area contributed by atoms with Gasteiger partial charge in [-0.3, -0.25) is 19.3 Å². The fourth-order valence-electron chi connectivity index (χ4n) is 3.26. The standard InChI is InChI=1S/C20H19N5O3/c1-14-9-21-19-16(10-22-25(19)11-14)20(28)23-12-17(26)24(18(27)13-23)8-7-15-5-3-2-4-6-15/h2-6,9-11H,7-8,12-13H2,1H3. The minimum Gasteiger partial charge on any atom is -0.320 e. The van der Waals surface area contributed by atoms with E-state index in [0.717, 1.165) is 11.1 Å². The average Bonchev–Trinajstić information content (AvgIpc) is 3.10. The van der Waals surface area contributed by atoms with Gasteiger partial charge in [0.1, 0.15) is 18.7 Å². The smallest absolute Gasteiger partial charge is 0.260 e. The Balaban J connectivity index is 1.47. The normalized spacial score (nSPS) is 14.8. The topological polar surface area (TPSA) is 87.9 Å². The van der Waals surface area contributed by atoms with Gasteiger partial charge >= 0.3 is 0 Å². The lowest BCUT2D eigenvalue weighted by atomic mass is 10.1. The number of aromatic nitrogens is 3. The summed E-state index contributed by atoms with van der Waals surface area (Å²) in [5.74, 6) is -1.17. The van der Waals surface area contributed by atoms with Crippen LogP contribution in [0.5, 0.6) is 0 Å². The summed E-state index contributed by atoms with van der Waals surface area (Å²) in [6.07, 6.45) is 5.41. The Morgan fingerprint density at radius 3 is 2.50 bits per heavy atom. The monoisotopic (exact) mass is 377 g/mol. The Kier molecular flexibility index (Phi) is 4.60. The lowest BCUT2D eigenvalue weighted by Gasteiger charge is -2.32. The van der Waals surface area contributed by atoms with Gasteiger partial charge < -0.3 is 4.90 Å². The van der Waals surface area contributed by atoms with E-state index in [4.69, 9.17) is 0 Å². The molecule has 3 heterocycles. The third-order valence-electron chi connectivity index (χ3n) is 4.72. The minimum absolute atomic E-state index is 0.136. The molecule has 0 spiro atoms. The van der Waals surface area contributed by atoms with Crippen LogP contribution < -0.4 is 0 Å². The molecule has 2 aromatic heterocycles. The van der Waals surface area contributed by atoms with Gasteiger partial charge in [0.2, 0.25) is 11.8 Å². The molecule has 3 amide bonds. The van der Waals surface area contributed by atoms with E-state index >= 15 is 0 Å². The van der Waals surface area contributed by atoms with E-state index in [9.17, 15) is 14.4 Å². The van der Waals surface area contributed by atoms with Crippen molar-refractivity contribution in [2.45, 2.75) is 13.3 Å². The van der Waals surface area contributed by atoms with Crippen molar-refractivity contribution in [3.8, 4) is 0 Å². The molecule has 0 bridgehead atoms. The number of hydrogen-bond donors (Lipinski definition) is 0. The second-order valence-electron chi connectivity index (χ2n) is 6.79. The highest BCUT2D eigenvalue weighted by atomic mass is 16.2. The summed E-state index contributed by atoms with van der Waals surface area (Å²) >= 11 is 0. The van der Waals surface area contributed by atoms with Crippen LogP contribution in [0, 0.1) is 6.92 Å². The van der Waals surface area contributed by atoms with Gasteiger partial charge in [-0.2, -0.15) is 5.10 Å². The van der Waals surface area contributed by atoms with Crippen LogP contribution >= 0.6 is 0 Å². The van der Waals surface area contributed by atoms with E-state index in [2.05, 4.69) is 10.1 Å². The number of hydrogen-bond acceptors (Lipinski definition) is 5. The molecular formula is C20H19N5O3. The third kappa shape index (κ3) is 3.36. The molecule has 1 aliphatic heterocycles. The zero-order valence-electron chi connectivity index (χ0n) is 15.4. The van der Waals surface area contributed by atoms with Crippen molar-refractivity contribution >= 4 is 23.4 Å². The highest BCUT2D eigenvalue weighted by Crippen LogP contribution is 2.15. The Morgan fingerprint density at radius 1 is 1.07 bits per heavy atom. The molecule has 1 aromatic carbocycles. The molecule has 0 unspecified atom stereocenters. The van der Waals surface area contributed by atoms with Crippen LogP contribution in [0.4, 0.5) is 0 Å². The van der Waals surface area contributed by atoms with Crippen LogP contribution in [0.25, 0.3) is 5.65 Å². The van der Waals surface area contributed by atoms with Crippen molar-refractivity contribution in [2.24, 2.45) is 0 Å². The van der Waals surface area contributed by atoms with Gasteiger partial charge in [0.15, 0.2) is 5.65 Å². The largest absolute Gasteiger partial charge is 0.320 e. The highest BCUT2D eigenvalue weighted by Gasteiger charge is 2.34. The molecule has 0 saturated carbocycles. The summed E-state index contributed by atoms with van der Waals surface area (Å²) in [5.41, 5.74) is 2.64. The van der Waals surface area contributed by atoms with Crippen LogP contribution in [-0.2, 0) is 16.0 Å². The van der Waals surface area contributed by atoms with Crippen LogP contribution in [0.3, 0.4) is 0 Å². The summed E-state index contributed by atoms with van der Waals surface area (Å²) in [6.45, 7) is 1.91. The maximum absolute atomic E-state index is 12.8. The molecule has 0 atom stereocenters. The second kappa shape index (κ2) is 7.22. The predicted molar refractivity (Wildman–Crippen MR) is 100 cm³/mol. The van der Waals surface area contributed by atoms with Gasteiger partial charge in [-0.05, 0) is 24.5 Å². The van der Waals surface area contributed by atoms with E-state index in [-0.39, 0.29) is 30.5 Å². The summed E-state index contributed by atoms with van der Waals surface area (Å²) in [5, 5.41) is 4.14. The molecule has 8 heteroatoms. The summed E-state index contributed by atoms with van der Waals surface area (Å²) in [4.78, 5) is 44.6. The van der Waals surface area contributed by atoms with Gasteiger partial charge in [-0.1, -0.05) is 30.3 Å². The molecule has 8 nitrogen and oxygen atoms in total. The number of rotatable bonds is 4. The average molecular weight is 377 g/mol. The van der Waals surface area contributed by atoms with Gasteiger partial charge in [0, 0.05) is 18.9 Å². The maximum Gasteiger partial charge on any atom is 0.260 e. The first-order chi connectivity index (χ1) is 13.5. The lowest BCUT2D eigenvalue weighted by molar-refractivity contribution is -0.150. The quantitative estimate of drug-likeness (QED) is 0.635. The van der Waals surface area contributed by atoms with E-state index in [1.54, 1.807) is 12.4 Å². The van der Waals surface area contributed by atoms with Crippen LogP contribution in [0.1, 0.15) is 21.5 Å². The predicted octanol–water partition coefficient (Wildman–Crippen LogP) is 1.09. The van der Waals surface area contributed by atoms with E-state index in [0.29, 0.717) is 18.6 Å². The maximum atomic E-state index is 12.8. The fraction of sp³-hybridized carbons (Fsp3) is 0.250. The second-order valence-corrected chi connectivity index (χ2v) is 6.79. The van der Waals surface area contributed by atoms with Crippen molar-refractivity contribution in [3.05, 3.63) is 65.6 Å². The Labute approximate surface area is 161 Å². The van der Waals surface area contributed by atoms with Gasteiger partial charge in [-0.15, -0.1) is 0 Å². The van der Waals surface area contributed by atoms with Crippen LogP contribution in [-0.4, -0.2) is 61.8 Å². The number of nitrogens with zero attached hydrogens (tertiary/aromatic N) is 5. The molecule has 4 rings (SSSR count). The molecule has 0 N–H and O–H groups in total. The van der Waals surface area contributed by atoms with Crippen molar-refractivity contribution in [1.82, 2.24) is 24.4 Å². The van der Waals surface area contributed by atoms with E-state index < -0.39 is 5.91 Å². The molecule has 3 aromatic rings. The molecular weight excluding hydrogens is 358 g/mol. The Hall–Kier alpha value is -3.55. The SMILES string of the molecule is Cc1cnc2c(C(=O)N3CC(=O)N(CCc4ccccc4)C(=O)C3)cnn2c1. The Bertz CT molecular complexity index is 1040. The molecule has 28 heavy (non-hydrogen) atoms.